The molecule has 0 aliphatic heterocycles. The van der Waals surface area contributed by atoms with E-state index in [0.29, 0.717) is 6.54 Å². The minimum Gasteiger partial charge on any atom is -0.392 e. The van der Waals surface area contributed by atoms with E-state index in [1.54, 1.807) is 36.6 Å². The number of thiophene rings is 1. The van der Waals surface area contributed by atoms with Crippen molar-refractivity contribution in [2.75, 3.05) is 13.6 Å². The van der Waals surface area contributed by atoms with Crippen LogP contribution in [0.5, 0.6) is 0 Å². The van der Waals surface area contributed by atoms with Crippen molar-refractivity contribution in [1.29, 1.82) is 0 Å². The maximum absolute atomic E-state index is 11.9. The van der Waals surface area contributed by atoms with E-state index in [9.17, 15) is 9.90 Å². The van der Waals surface area contributed by atoms with Crippen molar-refractivity contribution in [3.8, 4) is 9.88 Å². The number of aliphatic hydroxyl groups excluding tert-OH is 1. The van der Waals surface area contributed by atoms with Crippen molar-refractivity contribution in [3.63, 3.8) is 0 Å². The molecule has 6 heteroatoms. The minimum atomic E-state index is -0.508. The molecule has 1 unspecified atom stereocenters. The monoisotopic (exact) mass is 296 g/mol. The SMILES string of the molecule is CC(O)CN(C)C(=O)Cc1csc(-c2cccs2)n1. The van der Waals surface area contributed by atoms with Crippen LogP contribution in [0.15, 0.2) is 22.9 Å². The van der Waals surface area contributed by atoms with E-state index in [-0.39, 0.29) is 12.3 Å². The summed E-state index contributed by atoms with van der Waals surface area (Å²) in [4.78, 5) is 19.1. The Labute approximate surface area is 120 Å². The van der Waals surface area contributed by atoms with E-state index >= 15 is 0 Å². The molecule has 1 N–H and O–H groups in total. The number of likely N-dealkylation sites (N-methyl/N-ethyl adjacent to an activating group) is 1. The van der Waals surface area contributed by atoms with Crippen LogP contribution in [0.3, 0.4) is 0 Å². The van der Waals surface area contributed by atoms with Gasteiger partial charge in [0.25, 0.3) is 0 Å². The van der Waals surface area contributed by atoms with Gasteiger partial charge in [-0.15, -0.1) is 22.7 Å². The van der Waals surface area contributed by atoms with Gasteiger partial charge >= 0.3 is 0 Å². The number of nitrogens with zero attached hydrogens (tertiary/aromatic N) is 2. The van der Waals surface area contributed by atoms with E-state index < -0.39 is 6.10 Å². The first-order valence-electron chi connectivity index (χ1n) is 5.96. The number of rotatable bonds is 5. The number of carbonyl (C=O) groups is 1. The standard InChI is InChI=1S/C13H16N2O2S2/c1-9(16)7-15(2)12(17)6-10-8-19-13(14-10)11-4-3-5-18-11/h3-5,8-9,16H,6-7H2,1-2H3. The van der Waals surface area contributed by atoms with Crippen LogP contribution in [0.25, 0.3) is 9.88 Å². The molecule has 0 fully saturated rings. The van der Waals surface area contributed by atoms with Crippen molar-refractivity contribution in [2.45, 2.75) is 19.4 Å². The van der Waals surface area contributed by atoms with Gasteiger partial charge < -0.3 is 10.0 Å². The van der Waals surface area contributed by atoms with Gasteiger partial charge in [0.1, 0.15) is 5.01 Å². The maximum Gasteiger partial charge on any atom is 0.228 e. The first-order valence-corrected chi connectivity index (χ1v) is 7.72. The third-order valence-corrected chi connectivity index (χ3v) is 4.51. The first-order chi connectivity index (χ1) is 9.06. The average Bonchev–Trinajstić information content (AvgIpc) is 2.96. The third kappa shape index (κ3) is 3.86. The molecule has 0 saturated heterocycles. The summed E-state index contributed by atoms with van der Waals surface area (Å²) in [6, 6.07) is 4.01. The molecule has 0 bridgehead atoms. The largest absolute Gasteiger partial charge is 0.392 e. The quantitative estimate of drug-likeness (QED) is 0.920. The van der Waals surface area contributed by atoms with E-state index in [2.05, 4.69) is 4.98 Å². The summed E-state index contributed by atoms with van der Waals surface area (Å²) in [5.74, 6) is -0.0241. The highest BCUT2D eigenvalue weighted by Gasteiger charge is 2.14. The van der Waals surface area contributed by atoms with Crippen molar-refractivity contribution in [2.24, 2.45) is 0 Å². The Hall–Kier alpha value is -1.24. The summed E-state index contributed by atoms with van der Waals surface area (Å²) >= 11 is 3.20. The normalized spacial score (nSPS) is 12.4. The molecular weight excluding hydrogens is 280 g/mol. The van der Waals surface area contributed by atoms with Crippen LogP contribution in [0, 0.1) is 0 Å². The maximum atomic E-state index is 11.9. The van der Waals surface area contributed by atoms with Gasteiger partial charge in [-0.25, -0.2) is 4.98 Å². The van der Waals surface area contributed by atoms with E-state index in [4.69, 9.17) is 0 Å². The zero-order valence-corrected chi connectivity index (χ0v) is 12.5. The summed E-state index contributed by atoms with van der Waals surface area (Å²) in [6.45, 7) is 2.02. The molecule has 0 radical (unpaired) electrons. The van der Waals surface area contributed by atoms with Crippen LogP contribution in [-0.4, -0.2) is 40.6 Å². The highest BCUT2D eigenvalue weighted by atomic mass is 32.1. The van der Waals surface area contributed by atoms with Crippen LogP contribution in [-0.2, 0) is 11.2 Å². The van der Waals surface area contributed by atoms with Gasteiger partial charge in [0.15, 0.2) is 0 Å². The van der Waals surface area contributed by atoms with Crippen LogP contribution in [0.4, 0.5) is 0 Å². The summed E-state index contributed by atoms with van der Waals surface area (Å²) < 4.78 is 0. The Morgan fingerprint density at radius 2 is 2.32 bits per heavy atom. The molecule has 2 aromatic heterocycles. The number of hydrogen-bond acceptors (Lipinski definition) is 5. The number of amides is 1. The number of aliphatic hydroxyl groups is 1. The van der Waals surface area contributed by atoms with Crippen molar-refractivity contribution in [3.05, 3.63) is 28.6 Å². The second-order valence-corrected chi connectivity index (χ2v) is 6.23. The van der Waals surface area contributed by atoms with Crippen molar-refractivity contribution >= 4 is 28.6 Å². The predicted octanol–water partition coefficient (Wildman–Crippen LogP) is 2.25. The van der Waals surface area contributed by atoms with Gasteiger partial charge in [-0.05, 0) is 18.4 Å². The number of aromatic nitrogens is 1. The van der Waals surface area contributed by atoms with Gasteiger partial charge in [0.05, 0.1) is 23.1 Å². The van der Waals surface area contributed by atoms with Gasteiger partial charge in [-0.2, -0.15) is 0 Å². The molecule has 0 spiro atoms. The number of thiazole rings is 1. The zero-order valence-electron chi connectivity index (χ0n) is 10.9. The molecule has 102 valence electrons. The lowest BCUT2D eigenvalue weighted by Gasteiger charge is -2.18. The molecule has 4 nitrogen and oxygen atoms in total. The van der Waals surface area contributed by atoms with Gasteiger partial charge in [-0.1, -0.05) is 6.07 Å². The Bertz CT molecular complexity index is 535. The Morgan fingerprint density at radius 3 is 2.95 bits per heavy atom. The summed E-state index contributed by atoms with van der Waals surface area (Å²) in [6.07, 6.45) is -0.225. The molecule has 2 rings (SSSR count). The van der Waals surface area contributed by atoms with Gasteiger partial charge in [0.2, 0.25) is 5.91 Å². The molecule has 2 heterocycles. The lowest BCUT2D eigenvalue weighted by atomic mass is 10.3. The number of hydrogen-bond donors (Lipinski definition) is 1. The topological polar surface area (TPSA) is 53.4 Å². The van der Waals surface area contributed by atoms with Gasteiger partial charge in [-0.3, -0.25) is 4.79 Å². The second-order valence-electron chi connectivity index (χ2n) is 4.42. The lowest BCUT2D eigenvalue weighted by Crippen LogP contribution is -2.34. The minimum absolute atomic E-state index is 0.0241. The van der Waals surface area contributed by atoms with Crippen LogP contribution >= 0.6 is 22.7 Å². The predicted molar refractivity (Wildman–Crippen MR) is 78.4 cm³/mol. The fourth-order valence-electron chi connectivity index (χ4n) is 1.69. The highest BCUT2D eigenvalue weighted by molar-refractivity contribution is 7.20. The molecule has 0 aliphatic rings. The third-order valence-electron chi connectivity index (χ3n) is 2.58. The molecule has 2 aromatic rings. The zero-order chi connectivity index (χ0) is 13.8. The van der Waals surface area contributed by atoms with Crippen LogP contribution in [0.2, 0.25) is 0 Å². The molecule has 0 aliphatic carbocycles. The molecule has 19 heavy (non-hydrogen) atoms. The van der Waals surface area contributed by atoms with Gasteiger partial charge in [0, 0.05) is 19.0 Å². The highest BCUT2D eigenvalue weighted by Crippen LogP contribution is 2.27. The molecule has 0 saturated carbocycles. The Morgan fingerprint density at radius 1 is 1.53 bits per heavy atom. The fourth-order valence-corrected chi connectivity index (χ4v) is 3.32. The molecular formula is C13H16N2O2S2. The van der Waals surface area contributed by atoms with Crippen molar-refractivity contribution < 1.29 is 9.90 Å². The van der Waals surface area contributed by atoms with E-state index in [1.807, 2.05) is 22.9 Å². The second kappa shape index (κ2) is 6.27. The molecule has 0 aromatic carbocycles. The Balaban J connectivity index is 1.98. The summed E-state index contributed by atoms with van der Waals surface area (Å²) in [5.41, 5.74) is 0.788. The number of carbonyl (C=O) groups excluding carboxylic acids is 1. The molecule has 1 atom stereocenters. The first kappa shape index (κ1) is 14.2. The van der Waals surface area contributed by atoms with E-state index in [0.717, 1.165) is 15.6 Å². The van der Waals surface area contributed by atoms with Crippen LogP contribution < -0.4 is 0 Å². The van der Waals surface area contributed by atoms with Crippen molar-refractivity contribution in [1.82, 2.24) is 9.88 Å². The molecule has 1 amide bonds. The van der Waals surface area contributed by atoms with Crippen LogP contribution in [0.1, 0.15) is 12.6 Å². The summed E-state index contributed by atoms with van der Waals surface area (Å²) in [7, 11) is 1.70. The summed E-state index contributed by atoms with van der Waals surface area (Å²) in [5, 5.41) is 14.1. The van der Waals surface area contributed by atoms with E-state index in [1.165, 1.54) is 4.90 Å². The smallest absolute Gasteiger partial charge is 0.228 e. The Kier molecular flexibility index (Phi) is 4.68. The lowest BCUT2D eigenvalue weighted by molar-refractivity contribution is -0.130. The average molecular weight is 296 g/mol. The fraction of sp³-hybridized carbons (Fsp3) is 0.385.